The van der Waals surface area contributed by atoms with Gasteiger partial charge in [-0.1, -0.05) is 23.7 Å². The van der Waals surface area contributed by atoms with Gasteiger partial charge in [0.25, 0.3) is 0 Å². The Morgan fingerprint density at radius 2 is 2.07 bits per heavy atom. The van der Waals surface area contributed by atoms with Crippen molar-refractivity contribution < 1.29 is 5.11 Å². The zero-order valence-corrected chi connectivity index (χ0v) is 9.50. The lowest BCUT2D eigenvalue weighted by Crippen LogP contribution is -2.00. The van der Waals surface area contributed by atoms with Crippen molar-refractivity contribution in [2.24, 2.45) is 0 Å². The van der Waals surface area contributed by atoms with Crippen molar-refractivity contribution in [3.8, 4) is 0 Å². The Hall–Kier alpha value is -0.900. The van der Waals surface area contributed by atoms with Gasteiger partial charge >= 0.3 is 0 Å². The fourth-order valence-electron chi connectivity index (χ4n) is 1.33. The normalized spacial score (nSPS) is 12.7. The van der Waals surface area contributed by atoms with Gasteiger partial charge in [-0.3, -0.25) is 0 Å². The molecule has 0 aliphatic rings. The molecule has 1 N–H and O–H groups in total. The zero-order chi connectivity index (χ0) is 10.7. The molecular formula is C11H10ClNOS. The summed E-state index contributed by atoms with van der Waals surface area (Å²) in [7, 11) is 0. The summed E-state index contributed by atoms with van der Waals surface area (Å²) in [4.78, 5) is 4.07. The van der Waals surface area contributed by atoms with Gasteiger partial charge in [0.05, 0.1) is 0 Å². The van der Waals surface area contributed by atoms with E-state index in [0.717, 1.165) is 10.6 Å². The number of aliphatic hydroxyl groups is 1. The smallest absolute Gasteiger partial charge is 0.121 e. The van der Waals surface area contributed by atoms with Crippen LogP contribution in [0.5, 0.6) is 0 Å². The number of hydrogen-bond acceptors (Lipinski definition) is 3. The average molecular weight is 240 g/mol. The van der Waals surface area contributed by atoms with E-state index < -0.39 is 6.10 Å². The van der Waals surface area contributed by atoms with Gasteiger partial charge in [0.15, 0.2) is 0 Å². The van der Waals surface area contributed by atoms with E-state index in [2.05, 4.69) is 4.98 Å². The number of halogens is 1. The maximum absolute atomic E-state index is 9.85. The number of nitrogens with zero attached hydrogens (tertiary/aromatic N) is 1. The molecule has 0 bridgehead atoms. The molecule has 1 aromatic heterocycles. The summed E-state index contributed by atoms with van der Waals surface area (Å²) < 4.78 is 0. The maximum Gasteiger partial charge on any atom is 0.121 e. The molecule has 0 radical (unpaired) electrons. The Bertz CT molecular complexity index is 413. The van der Waals surface area contributed by atoms with Crippen molar-refractivity contribution in [2.45, 2.75) is 12.5 Å². The number of aliphatic hydroxyl groups excluding tert-OH is 1. The van der Waals surface area contributed by atoms with Crippen molar-refractivity contribution in [1.82, 2.24) is 4.98 Å². The SMILES string of the molecule is OC(Cc1ccc(Cl)cc1)c1nccs1. The minimum Gasteiger partial charge on any atom is -0.386 e. The van der Waals surface area contributed by atoms with Crippen LogP contribution in [0.1, 0.15) is 16.7 Å². The minimum absolute atomic E-state index is 0.522. The molecule has 78 valence electrons. The highest BCUT2D eigenvalue weighted by Crippen LogP contribution is 2.20. The van der Waals surface area contributed by atoms with Gasteiger partial charge in [-0.2, -0.15) is 0 Å². The molecule has 0 spiro atoms. The Morgan fingerprint density at radius 1 is 1.33 bits per heavy atom. The molecule has 1 atom stereocenters. The largest absolute Gasteiger partial charge is 0.386 e. The summed E-state index contributed by atoms with van der Waals surface area (Å²) in [6.45, 7) is 0. The Morgan fingerprint density at radius 3 is 2.67 bits per heavy atom. The van der Waals surface area contributed by atoms with Crippen LogP contribution in [0.25, 0.3) is 0 Å². The number of hydrogen-bond donors (Lipinski definition) is 1. The predicted octanol–water partition coefficient (Wildman–Crippen LogP) is 3.07. The van der Waals surface area contributed by atoms with Crippen molar-refractivity contribution in [3.63, 3.8) is 0 Å². The third kappa shape index (κ3) is 2.78. The van der Waals surface area contributed by atoms with Crippen LogP contribution in [-0.4, -0.2) is 10.1 Å². The van der Waals surface area contributed by atoms with E-state index in [4.69, 9.17) is 11.6 Å². The van der Waals surface area contributed by atoms with E-state index in [1.54, 1.807) is 6.20 Å². The molecule has 0 aliphatic carbocycles. The van der Waals surface area contributed by atoms with Crippen LogP contribution in [-0.2, 0) is 6.42 Å². The summed E-state index contributed by atoms with van der Waals surface area (Å²) in [6, 6.07) is 7.48. The molecule has 0 aliphatic heterocycles. The first-order valence-corrected chi connectivity index (χ1v) is 5.83. The lowest BCUT2D eigenvalue weighted by molar-refractivity contribution is 0.178. The van der Waals surface area contributed by atoms with Gasteiger partial charge in [0, 0.05) is 23.0 Å². The molecule has 15 heavy (non-hydrogen) atoms. The highest BCUT2D eigenvalue weighted by atomic mass is 35.5. The third-order valence-electron chi connectivity index (χ3n) is 2.08. The zero-order valence-electron chi connectivity index (χ0n) is 7.93. The second-order valence-corrected chi connectivity index (χ2v) is 4.58. The van der Waals surface area contributed by atoms with Gasteiger partial charge in [-0.25, -0.2) is 4.98 Å². The van der Waals surface area contributed by atoms with Crippen LogP contribution >= 0.6 is 22.9 Å². The quantitative estimate of drug-likeness (QED) is 0.893. The van der Waals surface area contributed by atoms with Crippen molar-refractivity contribution in [1.29, 1.82) is 0 Å². The first kappa shape index (κ1) is 10.6. The lowest BCUT2D eigenvalue weighted by atomic mass is 10.1. The van der Waals surface area contributed by atoms with E-state index in [9.17, 15) is 5.11 Å². The number of benzene rings is 1. The van der Waals surface area contributed by atoms with Gasteiger partial charge < -0.3 is 5.11 Å². The van der Waals surface area contributed by atoms with Gasteiger partial charge in [0.2, 0.25) is 0 Å². The van der Waals surface area contributed by atoms with Gasteiger partial charge in [-0.05, 0) is 17.7 Å². The van der Waals surface area contributed by atoms with Gasteiger partial charge in [-0.15, -0.1) is 11.3 Å². The fourth-order valence-corrected chi connectivity index (χ4v) is 2.08. The van der Waals surface area contributed by atoms with Crippen LogP contribution in [0, 0.1) is 0 Å². The van der Waals surface area contributed by atoms with E-state index in [-0.39, 0.29) is 0 Å². The number of rotatable bonds is 3. The number of thiazole rings is 1. The first-order chi connectivity index (χ1) is 7.25. The molecule has 0 saturated carbocycles. The maximum atomic E-state index is 9.85. The van der Waals surface area contributed by atoms with Crippen LogP contribution in [0.15, 0.2) is 35.8 Å². The predicted molar refractivity (Wildman–Crippen MR) is 62.2 cm³/mol. The summed E-state index contributed by atoms with van der Waals surface area (Å²) in [6.07, 6.45) is 1.75. The lowest BCUT2D eigenvalue weighted by Gasteiger charge is -2.07. The second-order valence-electron chi connectivity index (χ2n) is 3.22. The van der Waals surface area contributed by atoms with E-state index in [0.29, 0.717) is 11.4 Å². The Labute approximate surface area is 97.2 Å². The highest BCUT2D eigenvalue weighted by Gasteiger charge is 2.10. The van der Waals surface area contributed by atoms with Gasteiger partial charge in [0.1, 0.15) is 11.1 Å². The van der Waals surface area contributed by atoms with Crippen molar-refractivity contribution >= 4 is 22.9 Å². The fraction of sp³-hybridized carbons (Fsp3) is 0.182. The summed E-state index contributed by atoms with van der Waals surface area (Å²) in [5, 5.41) is 13.2. The highest BCUT2D eigenvalue weighted by molar-refractivity contribution is 7.09. The van der Waals surface area contributed by atoms with E-state index in [1.165, 1.54) is 11.3 Å². The van der Waals surface area contributed by atoms with Crippen LogP contribution in [0.3, 0.4) is 0 Å². The standard InChI is InChI=1S/C11H10ClNOS/c12-9-3-1-8(2-4-9)7-10(14)11-13-5-6-15-11/h1-6,10,14H,7H2. The van der Waals surface area contributed by atoms with Crippen LogP contribution < -0.4 is 0 Å². The minimum atomic E-state index is -0.522. The van der Waals surface area contributed by atoms with Crippen LogP contribution in [0.2, 0.25) is 5.02 Å². The Balaban J connectivity index is 2.06. The van der Waals surface area contributed by atoms with E-state index in [1.807, 2.05) is 29.6 Å². The summed E-state index contributed by atoms with van der Waals surface area (Å²) in [5.74, 6) is 0. The number of aromatic nitrogens is 1. The summed E-state index contributed by atoms with van der Waals surface area (Å²) in [5.41, 5.74) is 1.06. The summed E-state index contributed by atoms with van der Waals surface area (Å²) >= 11 is 7.24. The molecule has 1 heterocycles. The molecule has 1 aromatic carbocycles. The molecule has 2 nitrogen and oxygen atoms in total. The first-order valence-electron chi connectivity index (χ1n) is 4.57. The molecular weight excluding hydrogens is 230 g/mol. The Kier molecular flexibility index (Phi) is 3.36. The average Bonchev–Trinajstić information content (AvgIpc) is 2.74. The third-order valence-corrected chi connectivity index (χ3v) is 3.21. The van der Waals surface area contributed by atoms with Crippen molar-refractivity contribution in [3.05, 3.63) is 51.4 Å². The molecule has 0 saturated heterocycles. The monoisotopic (exact) mass is 239 g/mol. The topological polar surface area (TPSA) is 33.1 Å². The van der Waals surface area contributed by atoms with Crippen molar-refractivity contribution in [2.75, 3.05) is 0 Å². The van der Waals surface area contributed by atoms with E-state index >= 15 is 0 Å². The molecule has 0 fully saturated rings. The molecule has 1 unspecified atom stereocenters. The molecule has 2 aromatic rings. The van der Waals surface area contributed by atoms with Crippen LogP contribution in [0.4, 0.5) is 0 Å². The molecule has 0 amide bonds. The molecule has 4 heteroatoms. The molecule has 2 rings (SSSR count). The second kappa shape index (κ2) is 4.75.